The van der Waals surface area contributed by atoms with E-state index in [0.29, 0.717) is 22.5 Å². The van der Waals surface area contributed by atoms with E-state index in [1.165, 1.54) is 0 Å². The SMILES string of the molecule is CSCC(C)CNc1cc(C#N)cc(Cl)n1. The average molecular weight is 256 g/mol. The molecule has 0 saturated carbocycles. The number of hydrogen-bond acceptors (Lipinski definition) is 4. The van der Waals surface area contributed by atoms with Crippen molar-refractivity contribution in [1.82, 2.24) is 4.98 Å². The van der Waals surface area contributed by atoms with Gasteiger partial charge in [-0.2, -0.15) is 17.0 Å². The van der Waals surface area contributed by atoms with Crippen LogP contribution in [-0.4, -0.2) is 23.5 Å². The van der Waals surface area contributed by atoms with Crippen molar-refractivity contribution < 1.29 is 0 Å². The summed E-state index contributed by atoms with van der Waals surface area (Å²) in [6.45, 7) is 3.00. The summed E-state index contributed by atoms with van der Waals surface area (Å²) in [6, 6.07) is 5.31. The van der Waals surface area contributed by atoms with Crippen molar-refractivity contribution in [2.45, 2.75) is 6.92 Å². The number of hydrogen-bond donors (Lipinski definition) is 1. The van der Waals surface area contributed by atoms with E-state index in [1.54, 1.807) is 12.1 Å². The fourth-order valence-electron chi connectivity index (χ4n) is 1.27. The smallest absolute Gasteiger partial charge is 0.132 e. The van der Waals surface area contributed by atoms with E-state index in [1.807, 2.05) is 11.8 Å². The molecule has 16 heavy (non-hydrogen) atoms. The molecule has 0 aromatic carbocycles. The van der Waals surface area contributed by atoms with E-state index in [4.69, 9.17) is 16.9 Å². The van der Waals surface area contributed by atoms with E-state index in [2.05, 4.69) is 29.5 Å². The first-order chi connectivity index (χ1) is 7.65. The molecule has 1 aromatic heterocycles. The number of thioether (sulfide) groups is 1. The van der Waals surface area contributed by atoms with Crippen LogP contribution in [0.25, 0.3) is 0 Å². The molecule has 0 radical (unpaired) electrons. The molecular weight excluding hydrogens is 242 g/mol. The zero-order valence-corrected chi connectivity index (χ0v) is 10.9. The van der Waals surface area contributed by atoms with E-state index < -0.39 is 0 Å². The Kier molecular flexibility index (Phi) is 5.44. The lowest BCUT2D eigenvalue weighted by Crippen LogP contribution is -2.14. The highest BCUT2D eigenvalue weighted by molar-refractivity contribution is 7.98. The first-order valence-corrected chi connectivity index (χ1v) is 6.73. The fraction of sp³-hybridized carbons (Fsp3) is 0.455. The Morgan fingerprint density at radius 2 is 2.38 bits per heavy atom. The van der Waals surface area contributed by atoms with Crippen LogP contribution in [0.15, 0.2) is 12.1 Å². The van der Waals surface area contributed by atoms with Crippen molar-refractivity contribution in [3.8, 4) is 6.07 Å². The van der Waals surface area contributed by atoms with Crippen LogP contribution in [0.1, 0.15) is 12.5 Å². The van der Waals surface area contributed by atoms with Crippen molar-refractivity contribution in [2.24, 2.45) is 5.92 Å². The molecule has 0 fully saturated rings. The Labute approximate surface area is 105 Å². The second-order valence-corrected chi connectivity index (χ2v) is 4.91. The Hall–Kier alpha value is -0.920. The molecule has 0 saturated heterocycles. The van der Waals surface area contributed by atoms with Gasteiger partial charge in [0.2, 0.25) is 0 Å². The summed E-state index contributed by atoms with van der Waals surface area (Å²) in [5.74, 6) is 2.32. The minimum Gasteiger partial charge on any atom is -0.370 e. The third kappa shape index (κ3) is 4.30. The number of rotatable bonds is 5. The summed E-state index contributed by atoms with van der Waals surface area (Å²) in [7, 11) is 0. The minimum absolute atomic E-state index is 0.346. The number of anilines is 1. The van der Waals surface area contributed by atoms with Gasteiger partial charge in [0.05, 0.1) is 11.6 Å². The fourth-order valence-corrected chi connectivity index (χ4v) is 2.17. The van der Waals surface area contributed by atoms with Crippen molar-refractivity contribution in [3.63, 3.8) is 0 Å². The molecule has 0 aliphatic heterocycles. The molecule has 1 unspecified atom stereocenters. The highest BCUT2D eigenvalue weighted by Gasteiger charge is 2.03. The average Bonchev–Trinajstić information content (AvgIpc) is 2.26. The van der Waals surface area contributed by atoms with Gasteiger partial charge in [-0.05, 0) is 30.1 Å². The lowest BCUT2D eigenvalue weighted by molar-refractivity contribution is 0.699. The third-order valence-electron chi connectivity index (χ3n) is 2.01. The Bertz CT molecular complexity index is 389. The van der Waals surface area contributed by atoms with Crippen molar-refractivity contribution in [1.29, 1.82) is 5.26 Å². The summed E-state index contributed by atoms with van der Waals surface area (Å²) in [6.07, 6.45) is 2.09. The van der Waals surface area contributed by atoms with E-state index >= 15 is 0 Å². The summed E-state index contributed by atoms with van der Waals surface area (Å²) < 4.78 is 0. The second-order valence-electron chi connectivity index (χ2n) is 3.62. The van der Waals surface area contributed by atoms with Crippen LogP contribution >= 0.6 is 23.4 Å². The maximum atomic E-state index is 8.78. The molecule has 3 nitrogen and oxygen atoms in total. The number of pyridine rings is 1. The Morgan fingerprint density at radius 1 is 1.62 bits per heavy atom. The summed E-state index contributed by atoms with van der Waals surface area (Å²) in [5, 5.41) is 12.3. The maximum absolute atomic E-state index is 8.78. The van der Waals surface area contributed by atoms with Gasteiger partial charge >= 0.3 is 0 Å². The van der Waals surface area contributed by atoms with Crippen LogP contribution in [-0.2, 0) is 0 Å². The van der Waals surface area contributed by atoms with Crippen molar-refractivity contribution >= 4 is 29.2 Å². The predicted molar refractivity (Wildman–Crippen MR) is 70.0 cm³/mol. The van der Waals surface area contributed by atoms with Crippen LogP contribution < -0.4 is 5.32 Å². The van der Waals surface area contributed by atoms with Crippen LogP contribution in [0.5, 0.6) is 0 Å². The Morgan fingerprint density at radius 3 is 3.00 bits per heavy atom. The monoisotopic (exact) mass is 255 g/mol. The van der Waals surface area contributed by atoms with Gasteiger partial charge < -0.3 is 5.32 Å². The van der Waals surface area contributed by atoms with E-state index in [0.717, 1.165) is 12.3 Å². The van der Waals surface area contributed by atoms with Gasteiger partial charge in [-0.25, -0.2) is 4.98 Å². The van der Waals surface area contributed by atoms with Crippen molar-refractivity contribution in [2.75, 3.05) is 23.9 Å². The molecule has 0 aliphatic rings. The molecule has 0 spiro atoms. The normalized spacial score (nSPS) is 11.9. The standard InChI is InChI=1S/C11H14ClN3S/c1-8(7-16-2)6-14-11-4-9(5-13)3-10(12)15-11/h3-4,8H,6-7H2,1-2H3,(H,14,15). The number of nitriles is 1. The Balaban J connectivity index is 2.60. The summed E-state index contributed by atoms with van der Waals surface area (Å²) in [4.78, 5) is 4.11. The number of halogens is 1. The zero-order chi connectivity index (χ0) is 12.0. The zero-order valence-electron chi connectivity index (χ0n) is 9.33. The molecule has 86 valence electrons. The second kappa shape index (κ2) is 6.62. The molecular formula is C11H14ClN3S. The lowest BCUT2D eigenvalue weighted by atomic mass is 10.2. The molecule has 1 atom stereocenters. The van der Waals surface area contributed by atoms with Gasteiger partial charge in [-0.1, -0.05) is 18.5 Å². The largest absolute Gasteiger partial charge is 0.370 e. The third-order valence-corrected chi connectivity index (χ3v) is 3.10. The van der Waals surface area contributed by atoms with Crippen LogP contribution in [0.4, 0.5) is 5.82 Å². The first kappa shape index (κ1) is 13.1. The van der Waals surface area contributed by atoms with Gasteiger partial charge in [0.15, 0.2) is 0 Å². The molecule has 1 N–H and O–H groups in total. The van der Waals surface area contributed by atoms with Crippen molar-refractivity contribution in [3.05, 3.63) is 22.8 Å². The number of nitrogens with one attached hydrogen (secondary N) is 1. The predicted octanol–water partition coefficient (Wildman–Crippen LogP) is 3.02. The minimum atomic E-state index is 0.346. The molecule has 0 bridgehead atoms. The molecule has 0 amide bonds. The highest BCUT2D eigenvalue weighted by Crippen LogP contribution is 2.14. The van der Waals surface area contributed by atoms with Crippen LogP contribution in [0.2, 0.25) is 5.15 Å². The highest BCUT2D eigenvalue weighted by atomic mass is 35.5. The van der Waals surface area contributed by atoms with E-state index in [-0.39, 0.29) is 0 Å². The first-order valence-electron chi connectivity index (χ1n) is 4.96. The lowest BCUT2D eigenvalue weighted by Gasteiger charge is -2.11. The van der Waals surface area contributed by atoms with Gasteiger partial charge in [0, 0.05) is 6.54 Å². The molecule has 1 heterocycles. The molecule has 5 heteroatoms. The number of nitrogens with zero attached hydrogens (tertiary/aromatic N) is 2. The summed E-state index contributed by atoms with van der Waals surface area (Å²) >= 11 is 7.62. The van der Waals surface area contributed by atoms with Gasteiger partial charge in [-0.3, -0.25) is 0 Å². The summed E-state index contributed by atoms with van der Waals surface area (Å²) in [5.41, 5.74) is 0.528. The molecule has 0 aliphatic carbocycles. The van der Waals surface area contributed by atoms with Gasteiger partial charge in [-0.15, -0.1) is 0 Å². The van der Waals surface area contributed by atoms with Gasteiger partial charge in [0.25, 0.3) is 0 Å². The number of aromatic nitrogens is 1. The van der Waals surface area contributed by atoms with Crippen LogP contribution in [0.3, 0.4) is 0 Å². The van der Waals surface area contributed by atoms with Crippen LogP contribution in [0, 0.1) is 17.2 Å². The van der Waals surface area contributed by atoms with E-state index in [9.17, 15) is 0 Å². The topological polar surface area (TPSA) is 48.7 Å². The maximum Gasteiger partial charge on any atom is 0.132 e. The molecule has 1 rings (SSSR count). The van der Waals surface area contributed by atoms with Gasteiger partial charge in [0.1, 0.15) is 11.0 Å². The molecule has 1 aromatic rings. The quantitative estimate of drug-likeness (QED) is 0.822.